The van der Waals surface area contributed by atoms with E-state index in [0.29, 0.717) is 12.6 Å². The first-order chi connectivity index (χ1) is 8.83. The average molecular weight is 250 g/mol. The molecule has 0 saturated heterocycles. The lowest BCUT2D eigenvalue weighted by Gasteiger charge is -2.15. The maximum absolute atomic E-state index is 5.66. The molecule has 4 heteroatoms. The molecule has 18 heavy (non-hydrogen) atoms. The Balaban J connectivity index is 1.99. The van der Waals surface area contributed by atoms with Crippen molar-refractivity contribution < 1.29 is 9.47 Å². The third-order valence-electron chi connectivity index (χ3n) is 3.25. The van der Waals surface area contributed by atoms with E-state index in [1.54, 1.807) is 6.20 Å². The molecule has 1 aliphatic heterocycles. The van der Waals surface area contributed by atoms with E-state index in [1.807, 2.05) is 6.07 Å². The second-order valence-corrected chi connectivity index (χ2v) is 4.57. The lowest BCUT2D eigenvalue weighted by Crippen LogP contribution is -2.27. The molecular weight excluding hydrogens is 228 g/mol. The molecular formula is C14H22N2O2. The zero-order valence-corrected chi connectivity index (χ0v) is 11.2. The standard InChI is InChI=1S/C14H22N2O2/c1-3-11(4-2)15-9-12-8-13-14(10-16-12)18-7-5-6-17-13/h8,10-11,15H,3-7,9H2,1-2H3. The van der Waals surface area contributed by atoms with Crippen molar-refractivity contribution in [1.29, 1.82) is 0 Å². The van der Waals surface area contributed by atoms with Gasteiger partial charge in [0.1, 0.15) is 0 Å². The first-order valence-electron chi connectivity index (χ1n) is 6.81. The van der Waals surface area contributed by atoms with Crippen molar-refractivity contribution in [2.24, 2.45) is 0 Å². The Morgan fingerprint density at radius 1 is 1.22 bits per heavy atom. The van der Waals surface area contributed by atoms with Gasteiger partial charge in [-0.1, -0.05) is 13.8 Å². The highest BCUT2D eigenvalue weighted by atomic mass is 16.5. The first kappa shape index (κ1) is 13.1. The highest BCUT2D eigenvalue weighted by Crippen LogP contribution is 2.28. The molecule has 0 spiro atoms. The fourth-order valence-corrected chi connectivity index (χ4v) is 2.03. The van der Waals surface area contributed by atoms with Crippen LogP contribution in [0.5, 0.6) is 11.5 Å². The molecule has 0 bridgehead atoms. The fourth-order valence-electron chi connectivity index (χ4n) is 2.03. The lowest BCUT2D eigenvalue weighted by molar-refractivity contribution is 0.296. The summed E-state index contributed by atoms with van der Waals surface area (Å²) >= 11 is 0. The maximum atomic E-state index is 5.66. The van der Waals surface area contributed by atoms with Crippen molar-refractivity contribution in [2.45, 2.75) is 45.7 Å². The third kappa shape index (κ3) is 3.35. The van der Waals surface area contributed by atoms with Gasteiger partial charge in [0, 0.05) is 25.1 Å². The van der Waals surface area contributed by atoms with Crippen LogP contribution < -0.4 is 14.8 Å². The Hall–Kier alpha value is -1.29. The van der Waals surface area contributed by atoms with Crippen LogP contribution in [-0.4, -0.2) is 24.2 Å². The summed E-state index contributed by atoms with van der Waals surface area (Å²) in [7, 11) is 0. The minimum absolute atomic E-state index is 0.558. The van der Waals surface area contributed by atoms with E-state index in [2.05, 4.69) is 24.1 Å². The molecule has 1 N–H and O–H groups in total. The Kier molecular flexibility index (Phi) is 4.81. The van der Waals surface area contributed by atoms with Crippen LogP contribution in [0, 0.1) is 0 Å². The summed E-state index contributed by atoms with van der Waals surface area (Å²) in [6, 6.07) is 2.54. The van der Waals surface area contributed by atoms with Gasteiger partial charge in [0.25, 0.3) is 0 Å². The molecule has 0 radical (unpaired) electrons. The second kappa shape index (κ2) is 6.59. The number of ether oxygens (including phenoxy) is 2. The van der Waals surface area contributed by atoms with Gasteiger partial charge in [-0.25, -0.2) is 0 Å². The Morgan fingerprint density at radius 3 is 2.67 bits per heavy atom. The van der Waals surface area contributed by atoms with Crippen molar-refractivity contribution in [3.05, 3.63) is 18.0 Å². The van der Waals surface area contributed by atoms with Crippen LogP contribution in [0.25, 0.3) is 0 Å². The van der Waals surface area contributed by atoms with Gasteiger partial charge in [-0.2, -0.15) is 0 Å². The maximum Gasteiger partial charge on any atom is 0.179 e. The normalized spacial score (nSPS) is 14.6. The van der Waals surface area contributed by atoms with Crippen LogP contribution >= 0.6 is 0 Å². The number of aromatic nitrogens is 1. The molecule has 0 fully saturated rings. The largest absolute Gasteiger partial charge is 0.489 e. The number of pyridine rings is 1. The summed E-state index contributed by atoms with van der Waals surface area (Å²) in [5, 5.41) is 3.50. The minimum Gasteiger partial charge on any atom is -0.489 e. The molecule has 0 unspecified atom stereocenters. The van der Waals surface area contributed by atoms with Crippen molar-refractivity contribution >= 4 is 0 Å². The topological polar surface area (TPSA) is 43.4 Å². The number of hydrogen-bond donors (Lipinski definition) is 1. The highest BCUT2D eigenvalue weighted by molar-refractivity contribution is 5.39. The Labute approximate surface area is 109 Å². The smallest absolute Gasteiger partial charge is 0.179 e. The second-order valence-electron chi connectivity index (χ2n) is 4.57. The van der Waals surface area contributed by atoms with Gasteiger partial charge in [0.15, 0.2) is 11.5 Å². The van der Waals surface area contributed by atoms with E-state index in [1.165, 1.54) is 0 Å². The van der Waals surface area contributed by atoms with E-state index >= 15 is 0 Å². The quantitative estimate of drug-likeness (QED) is 0.872. The summed E-state index contributed by atoms with van der Waals surface area (Å²) in [6.45, 7) is 6.60. The molecule has 0 atom stereocenters. The van der Waals surface area contributed by atoms with Crippen molar-refractivity contribution in [1.82, 2.24) is 10.3 Å². The third-order valence-corrected chi connectivity index (χ3v) is 3.25. The van der Waals surface area contributed by atoms with Gasteiger partial charge < -0.3 is 14.8 Å². The van der Waals surface area contributed by atoms with E-state index in [0.717, 1.165) is 49.6 Å². The SMILES string of the molecule is CCC(CC)NCc1cc2c(cn1)OCCCO2. The van der Waals surface area contributed by atoms with Crippen LogP contribution in [-0.2, 0) is 6.54 Å². The van der Waals surface area contributed by atoms with E-state index in [-0.39, 0.29) is 0 Å². The fraction of sp³-hybridized carbons (Fsp3) is 0.643. The van der Waals surface area contributed by atoms with Gasteiger partial charge in [-0.15, -0.1) is 0 Å². The Morgan fingerprint density at radius 2 is 1.94 bits per heavy atom. The van der Waals surface area contributed by atoms with Crippen LogP contribution in [0.1, 0.15) is 38.8 Å². The molecule has 100 valence electrons. The molecule has 1 aliphatic rings. The molecule has 4 nitrogen and oxygen atoms in total. The molecule has 0 aliphatic carbocycles. The van der Waals surface area contributed by atoms with Crippen molar-refractivity contribution in [2.75, 3.05) is 13.2 Å². The van der Waals surface area contributed by atoms with Gasteiger partial charge in [-0.3, -0.25) is 4.98 Å². The van der Waals surface area contributed by atoms with Crippen LogP contribution in [0.2, 0.25) is 0 Å². The zero-order valence-electron chi connectivity index (χ0n) is 11.2. The van der Waals surface area contributed by atoms with Gasteiger partial charge in [0.05, 0.1) is 25.1 Å². The first-order valence-corrected chi connectivity index (χ1v) is 6.81. The van der Waals surface area contributed by atoms with Crippen molar-refractivity contribution in [3.63, 3.8) is 0 Å². The molecule has 0 amide bonds. The van der Waals surface area contributed by atoms with Crippen LogP contribution in [0.15, 0.2) is 12.3 Å². The summed E-state index contributed by atoms with van der Waals surface area (Å²) in [5.41, 5.74) is 1.01. The summed E-state index contributed by atoms with van der Waals surface area (Å²) in [6.07, 6.45) is 4.97. The molecule has 0 aromatic carbocycles. The van der Waals surface area contributed by atoms with Crippen molar-refractivity contribution in [3.8, 4) is 11.5 Å². The number of fused-ring (bicyclic) bond motifs is 1. The Bertz CT molecular complexity index is 378. The number of nitrogens with zero attached hydrogens (tertiary/aromatic N) is 1. The minimum atomic E-state index is 0.558. The van der Waals surface area contributed by atoms with E-state index in [9.17, 15) is 0 Å². The van der Waals surface area contributed by atoms with Crippen LogP contribution in [0.3, 0.4) is 0 Å². The lowest BCUT2D eigenvalue weighted by atomic mass is 10.1. The van der Waals surface area contributed by atoms with Gasteiger partial charge >= 0.3 is 0 Å². The molecule has 2 rings (SSSR count). The monoisotopic (exact) mass is 250 g/mol. The zero-order chi connectivity index (χ0) is 12.8. The summed E-state index contributed by atoms with van der Waals surface area (Å²) in [4.78, 5) is 4.41. The molecule has 2 heterocycles. The van der Waals surface area contributed by atoms with E-state index < -0.39 is 0 Å². The number of rotatable bonds is 5. The average Bonchev–Trinajstić information content (AvgIpc) is 2.64. The summed E-state index contributed by atoms with van der Waals surface area (Å²) in [5.74, 6) is 1.59. The molecule has 1 aromatic rings. The predicted octanol–water partition coefficient (Wildman–Crippen LogP) is 2.52. The molecule has 0 saturated carbocycles. The predicted molar refractivity (Wildman–Crippen MR) is 71.1 cm³/mol. The molecule has 1 aromatic heterocycles. The summed E-state index contributed by atoms with van der Waals surface area (Å²) < 4.78 is 11.2. The van der Waals surface area contributed by atoms with Gasteiger partial charge in [0.2, 0.25) is 0 Å². The van der Waals surface area contributed by atoms with Gasteiger partial charge in [-0.05, 0) is 12.8 Å². The highest BCUT2D eigenvalue weighted by Gasteiger charge is 2.12. The number of hydrogen-bond acceptors (Lipinski definition) is 4. The number of nitrogens with one attached hydrogen (secondary N) is 1. The van der Waals surface area contributed by atoms with Crippen LogP contribution in [0.4, 0.5) is 0 Å². The van der Waals surface area contributed by atoms with E-state index in [4.69, 9.17) is 9.47 Å².